The molecule has 1 fully saturated rings. The van der Waals surface area contributed by atoms with E-state index >= 15 is 0 Å². The Balaban J connectivity index is 1.66. The third kappa shape index (κ3) is 3.77. The molecule has 0 N–H and O–H groups in total. The average Bonchev–Trinajstić information content (AvgIpc) is 2.63. The summed E-state index contributed by atoms with van der Waals surface area (Å²) in [6.45, 7) is 1.42. The number of hydrogen-bond donors (Lipinski definition) is 0. The molecule has 1 aliphatic heterocycles. The van der Waals surface area contributed by atoms with Gasteiger partial charge in [0.25, 0.3) is 5.91 Å². The second-order valence-electron chi connectivity index (χ2n) is 6.00. The Morgan fingerprint density at radius 2 is 1.96 bits per heavy atom. The van der Waals surface area contributed by atoms with Crippen molar-refractivity contribution in [1.29, 1.82) is 0 Å². The van der Waals surface area contributed by atoms with Gasteiger partial charge in [0.15, 0.2) is 0 Å². The lowest BCUT2D eigenvalue weighted by atomic mass is 9.87. The molecule has 2 aromatic rings. The molecule has 4 heteroatoms. The zero-order valence-electron chi connectivity index (χ0n) is 13.4. The third-order valence-corrected chi connectivity index (χ3v) is 4.55. The molecule has 1 amide bonds. The maximum Gasteiger partial charge on any atom is 0.254 e. The Bertz CT molecular complexity index is 630. The second-order valence-corrected chi connectivity index (χ2v) is 6.00. The van der Waals surface area contributed by atoms with Gasteiger partial charge < -0.3 is 9.64 Å². The van der Waals surface area contributed by atoms with Gasteiger partial charge >= 0.3 is 0 Å². The smallest absolute Gasteiger partial charge is 0.254 e. The number of carbonyl (C=O) groups is 1. The summed E-state index contributed by atoms with van der Waals surface area (Å²) in [6.07, 6.45) is 5.35. The number of hydrogen-bond acceptors (Lipinski definition) is 3. The number of nitrogens with zero attached hydrogens (tertiary/aromatic N) is 2. The first-order valence-corrected chi connectivity index (χ1v) is 8.04. The molecular weight excluding hydrogens is 288 g/mol. The molecular formula is C19H22N2O2. The Hall–Kier alpha value is -2.20. The molecule has 1 aliphatic rings. The number of ether oxygens (including phenoxy) is 1. The van der Waals surface area contributed by atoms with Crippen LogP contribution in [-0.4, -0.2) is 42.1 Å². The van der Waals surface area contributed by atoms with Gasteiger partial charge in [0.1, 0.15) is 0 Å². The van der Waals surface area contributed by atoms with Gasteiger partial charge in [-0.3, -0.25) is 9.78 Å². The Kier molecular flexibility index (Phi) is 5.03. The molecule has 0 spiro atoms. The summed E-state index contributed by atoms with van der Waals surface area (Å²) in [4.78, 5) is 18.4. The van der Waals surface area contributed by atoms with Crippen LogP contribution in [0.1, 0.15) is 22.3 Å². The first kappa shape index (κ1) is 15.7. The van der Waals surface area contributed by atoms with E-state index in [1.165, 1.54) is 5.56 Å². The number of rotatable bonds is 4. The lowest BCUT2D eigenvalue weighted by molar-refractivity contribution is -0.00697. The number of amides is 1. The van der Waals surface area contributed by atoms with Crippen molar-refractivity contribution < 1.29 is 9.53 Å². The summed E-state index contributed by atoms with van der Waals surface area (Å²) in [6, 6.07) is 14.0. The van der Waals surface area contributed by atoms with Crippen molar-refractivity contribution in [3.8, 4) is 0 Å². The summed E-state index contributed by atoms with van der Waals surface area (Å²) in [5, 5.41) is 0. The van der Waals surface area contributed by atoms with Crippen LogP contribution < -0.4 is 0 Å². The highest BCUT2D eigenvalue weighted by molar-refractivity contribution is 5.94. The van der Waals surface area contributed by atoms with Gasteiger partial charge in [-0.25, -0.2) is 0 Å². The first-order valence-electron chi connectivity index (χ1n) is 8.04. The average molecular weight is 310 g/mol. The van der Waals surface area contributed by atoms with Gasteiger partial charge in [-0.15, -0.1) is 0 Å². The Morgan fingerprint density at radius 3 is 2.65 bits per heavy atom. The van der Waals surface area contributed by atoms with E-state index in [0.717, 1.165) is 19.4 Å². The van der Waals surface area contributed by atoms with Gasteiger partial charge in [0.2, 0.25) is 0 Å². The van der Waals surface area contributed by atoms with E-state index in [-0.39, 0.29) is 12.0 Å². The normalized spacial score (nSPS) is 21.2. The van der Waals surface area contributed by atoms with E-state index in [0.29, 0.717) is 18.0 Å². The molecule has 1 aromatic heterocycles. The van der Waals surface area contributed by atoms with E-state index in [1.54, 1.807) is 31.6 Å². The van der Waals surface area contributed by atoms with E-state index < -0.39 is 0 Å². The summed E-state index contributed by atoms with van der Waals surface area (Å²) >= 11 is 0. The van der Waals surface area contributed by atoms with Gasteiger partial charge in [-0.2, -0.15) is 0 Å². The van der Waals surface area contributed by atoms with E-state index in [1.807, 2.05) is 11.0 Å². The zero-order valence-corrected chi connectivity index (χ0v) is 13.4. The maximum absolute atomic E-state index is 12.6. The topological polar surface area (TPSA) is 42.4 Å². The van der Waals surface area contributed by atoms with Crippen LogP contribution in [0.15, 0.2) is 54.9 Å². The molecule has 23 heavy (non-hydrogen) atoms. The second kappa shape index (κ2) is 7.38. The van der Waals surface area contributed by atoms with Crippen molar-refractivity contribution in [3.05, 3.63) is 66.0 Å². The van der Waals surface area contributed by atoms with Crippen LogP contribution in [-0.2, 0) is 11.2 Å². The van der Waals surface area contributed by atoms with E-state index in [9.17, 15) is 4.79 Å². The fourth-order valence-corrected chi connectivity index (χ4v) is 3.24. The number of likely N-dealkylation sites (tertiary alicyclic amines) is 1. The van der Waals surface area contributed by atoms with Crippen molar-refractivity contribution in [2.45, 2.75) is 18.9 Å². The number of benzene rings is 1. The van der Waals surface area contributed by atoms with Gasteiger partial charge in [-0.05, 0) is 36.5 Å². The molecule has 0 radical (unpaired) electrons. The molecule has 2 heterocycles. The lowest BCUT2D eigenvalue weighted by Crippen LogP contribution is -2.48. The predicted molar refractivity (Wildman–Crippen MR) is 89.2 cm³/mol. The van der Waals surface area contributed by atoms with Crippen LogP contribution >= 0.6 is 0 Å². The Morgan fingerprint density at radius 1 is 1.22 bits per heavy atom. The number of methoxy groups -OCH3 is 1. The third-order valence-electron chi connectivity index (χ3n) is 4.55. The number of aromatic nitrogens is 1. The van der Waals surface area contributed by atoms with Gasteiger partial charge in [0.05, 0.1) is 6.10 Å². The molecule has 2 atom stereocenters. The SMILES string of the molecule is CO[C@H]1CN(C(=O)c2ccncc2)CC[C@@H]1Cc1ccccc1. The van der Waals surface area contributed by atoms with Crippen LogP contribution in [0.25, 0.3) is 0 Å². The first-order chi connectivity index (χ1) is 11.3. The van der Waals surface area contributed by atoms with E-state index in [2.05, 4.69) is 29.2 Å². The standard InChI is InChI=1S/C19H22N2O2/c1-23-18-14-21(19(22)16-7-10-20-11-8-16)12-9-17(18)13-15-5-3-2-4-6-15/h2-8,10-11,17-18H,9,12-14H2,1H3/t17-,18+/m1/s1. The number of piperidine rings is 1. The van der Waals surface area contributed by atoms with Gasteiger partial charge in [-0.1, -0.05) is 30.3 Å². The summed E-state index contributed by atoms with van der Waals surface area (Å²) < 4.78 is 5.69. The molecule has 3 rings (SSSR count). The Labute approximate surface area is 137 Å². The fraction of sp³-hybridized carbons (Fsp3) is 0.368. The molecule has 4 nitrogen and oxygen atoms in total. The number of pyridine rings is 1. The largest absolute Gasteiger partial charge is 0.379 e. The molecule has 0 saturated carbocycles. The fourth-order valence-electron chi connectivity index (χ4n) is 3.24. The molecule has 1 aromatic carbocycles. The van der Waals surface area contributed by atoms with Crippen LogP contribution in [0.5, 0.6) is 0 Å². The highest BCUT2D eigenvalue weighted by Crippen LogP contribution is 2.25. The highest BCUT2D eigenvalue weighted by Gasteiger charge is 2.31. The summed E-state index contributed by atoms with van der Waals surface area (Å²) in [5.74, 6) is 0.511. The van der Waals surface area contributed by atoms with Crippen molar-refractivity contribution in [3.63, 3.8) is 0 Å². The van der Waals surface area contributed by atoms with Crippen molar-refractivity contribution in [2.75, 3.05) is 20.2 Å². The van der Waals surface area contributed by atoms with E-state index in [4.69, 9.17) is 4.74 Å². The zero-order chi connectivity index (χ0) is 16.1. The van der Waals surface area contributed by atoms with Crippen LogP contribution in [0, 0.1) is 5.92 Å². The van der Waals surface area contributed by atoms with Crippen LogP contribution in [0.4, 0.5) is 0 Å². The van der Waals surface area contributed by atoms with Crippen molar-refractivity contribution >= 4 is 5.91 Å². The number of carbonyl (C=O) groups excluding carboxylic acids is 1. The molecule has 0 unspecified atom stereocenters. The monoisotopic (exact) mass is 310 g/mol. The van der Waals surface area contributed by atoms with Crippen LogP contribution in [0.2, 0.25) is 0 Å². The molecule has 1 saturated heterocycles. The highest BCUT2D eigenvalue weighted by atomic mass is 16.5. The minimum atomic E-state index is 0.0626. The molecule has 0 aliphatic carbocycles. The summed E-state index contributed by atoms with van der Waals surface area (Å²) in [7, 11) is 1.74. The lowest BCUT2D eigenvalue weighted by Gasteiger charge is -2.38. The van der Waals surface area contributed by atoms with Gasteiger partial charge in [0, 0.05) is 38.2 Å². The maximum atomic E-state index is 12.6. The van der Waals surface area contributed by atoms with Crippen LogP contribution in [0.3, 0.4) is 0 Å². The quantitative estimate of drug-likeness (QED) is 0.872. The molecule has 120 valence electrons. The molecule has 0 bridgehead atoms. The minimum absolute atomic E-state index is 0.0626. The van der Waals surface area contributed by atoms with Crippen molar-refractivity contribution in [2.24, 2.45) is 5.92 Å². The summed E-state index contributed by atoms with van der Waals surface area (Å²) in [5.41, 5.74) is 2.02. The van der Waals surface area contributed by atoms with Crippen molar-refractivity contribution in [1.82, 2.24) is 9.88 Å². The minimum Gasteiger partial charge on any atom is -0.379 e. The predicted octanol–water partition coefficient (Wildman–Crippen LogP) is 2.80.